The van der Waals surface area contributed by atoms with Crippen molar-refractivity contribution in [2.45, 2.75) is 60.1 Å². The van der Waals surface area contributed by atoms with Gasteiger partial charge in [0.15, 0.2) is 5.12 Å². The number of hydrogen-bond donors (Lipinski definition) is 0. The second-order valence-electron chi connectivity index (χ2n) is 7.47. The number of hydrogen-bond acceptors (Lipinski definition) is 7. The Morgan fingerprint density at radius 2 is 1.62 bits per heavy atom. The van der Waals surface area contributed by atoms with Gasteiger partial charge in [0.25, 0.3) is 0 Å². The zero-order valence-electron chi connectivity index (χ0n) is 17.0. The summed E-state index contributed by atoms with van der Waals surface area (Å²) < 4.78 is 10.1. The first kappa shape index (κ1) is 24.4. The van der Waals surface area contributed by atoms with Crippen molar-refractivity contribution in [1.29, 1.82) is 0 Å². The van der Waals surface area contributed by atoms with E-state index in [1.807, 2.05) is 0 Å². The van der Waals surface area contributed by atoms with Gasteiger partial charge in [-0.05, 0) is 26.7 Å². The molecular formula is C18H31NO6S. The Balaban J connectivity index is 5.56. The molecule has 0 aliphatic heterocycles. The molecule has 7 nitrogen and oxygen atoms in total. The normalized spacial score (nSPS) is 13.7. The highest BCUT2D eigenvalue weighted by atomic mass is 32.2. The summed E-state index contributed by atoms with van der Waals surface area (Å²) in [5.74, 6) is -2.13. The van der Waals surface area contributed by atoms with Crippen molar-refractivity contribution in [1.82, 2.24) is 4.90 Å². The van der Waals surface area contributed by atoms with Crippen molar-refractivity contribution in [3.63, 3.8) is 0 Å². The van der Waals surface area contributed by atoms with Gasteiger partial charge in [-0.15, -0.1) is 0 Å². The van der Waals surface area contributed by atoms with Gasteiger partial charge in [-0.25, -0.2) is 4.79 Å². The molecule has 150 valence electrons. The lowest BCUT2D eigenvalue weighted by Crippen LogP contribution is -2.53. The third kappa shape index (κ3) is 8.69. The van der Waals surface area contributed by atoms with Crippen molar-refractivity contribution < 1.29 is 28.7 Å². The van der Waals surface area contributed by atoms with E-state index in [2.05, 4.69) is 0 Å². The lowest BCUT2D eigenvalue weighted by Gasteiger charge is -2.34. The molecule has 0 unspecified atom stereocenters. The van der Waals surface area contributed by atoms with Crippen molar-refractivity contribution >= 4 is 34.7 Å². The van der Waals surface area contributed by atoms with Crippen LogP contribution < -0.4 is 0 Å². The fourth-order valence-electron chi connectivity index (χ4n) is 2.30. The maximum absolute atomic E-state index is 12.9. The number of methoxy groups -OCH3 is 1. The monoisotopic (exact) mass is 389 g/mol. The minimum atomic E-state index is -0.912. The number of nitrogens with zero attached hydrogens (tertiary/aromatic N) is 1. The highest BCUT2D eigenvalue weighted by molar-refractivity contribution is 8.13. The second-order valence-corrected chi connectivity index (χ2v) is 8.67. The molecule has 0 saturated carbocycles. The van der Waals surface area contributed by atoms with Crippen LogP contribution in [0.5, 0.6) is 0 Å². The molecule has 8 heteroatoms. The van der Waals surface area contributed by atoms with Crippen LogP contribution in [0.1, 0.15) is 48.5 Å². The Labute approximate surface area is 160 Å². The molecule has 0 bridgehead atoms. The predicted molar refractivity (Wildman–Crippen MR) is 101 cm³/mol. The maximum atomic E-state index is 12.9. The zero-order valence-corrected chi connectivity index (χ0v) is 17.8. The highest BCUT2D eigenvalue weighted by Gasteiger charge is 2.37. The van der Waals surface area contributed by atoms with Crippen LogP contribution in [0.4, 0.5) is 0 Å². The Kier molecular flexibility index (Phi) is 9.91. The van der Waals surface area contributed by atoms with E-state index >= 15 is 0 Å². The Morgan fingerprint density at radius 3 is 2.00 bits per heavy atom. The fraction of sp³-hybridized carbons (Fsp3) is 0.778. The molecular weight excluding hydrogens is 358 g/mol. The van der Waals surface area contributed by atoms with Crippen molar-refractivity contribution in [2.24, 2.45) is 11.8 Å². The number of thioether (sulfide) groups is 1. The topological polar surface area (TPSA) is 90.0 Å². The Bertz CT molecular complexity index is 526. The predicted octanol–water partition coefficient (Wildman–Crippen LogP) is 2.27. The SMILES string of the molecule is COC(=O)[C@@H](C(C)C)N(CC(=O)OC(C)(C)C)C(=O)[C@H](C)CSC(C)=O. The van der Waals surface area contributed by atoms with Crippen molar-refractivity contribution in [2.75, 3.05) is 19.4 Å². The standard InChI is InChI=1S/C18H31NO6S/c1-11(2)15(17(23)24-8)19(9-14(21)25-18(5,6)7)16(22)12(3)10-26-13(4)20/h11-12,15H,9-10H2,1-8H3/t12-,15-/m1/s1. The van der Waals surface area contributed by atoms with E-state index in [0.29, 0.717) is 0 Å². The van der Waals surface area contributed by atoms with E-state index in [9.17, 15) is 19.2 Å². The summed E-state index contributed by atoms with van der Waals surface area (Å²) in [6.45, 7) is 11.4. The van der Waals surface area contributed by atoms with Gasteiger partial charge < -0.3 is 14.4 Å². The van der Waals surface area contributed by atoms with Crippen LogP contribution in [0.15, 0.2) is 0 Å². The number of carbonyl (C=O) groups is 4. The van der Waals surface area contributed by atoms with Crippen molar-refractivity contribution in [3.05, 3.63) is 0 Å². The van der Waals surface area contributed by atoms with Crippen LogP contribution in [0.3, 0.4) is 0 Å². The van der Waals surface area contributed by atoms with Gasteiger partial charge in [0.2, 0.25) is 5.91 Å². The van der Waals surface area contributed by atoms with Gasteiger partial charge in [0.05, 0.1) is 7.11 Å². The summed E-state index contributed by atoms with van der Waals surface area (Å²) in [4.78, 5) is 49.8. The second kappa shape index (κ2) is 10.5. The van der Waals surface area contributed by atoms with Gasteiger partial charge in [-0.1, -0.05) is 32.5 Å². The van der Waals surface area contributed by atoms with Crippen molar-refractivity contribution in [3.8, 4) is 0 Å². The molecule has 2 atom stereocenters. The Hall–Kier alpha value is -1.57. The Morgan fingerprint density at radius 1 is 1.08 bits per heavy atom. The number of esters is 2. The molecule has 0 aromatic heterocycles. The number of carbonyl (C=O) groups excluding carboxylic acids is 4. The minimum absolute atomic E-state index is 0.100. The van der Waals surface area contributed by atoms with Gasteiger partial charge in [0, 0.05) is 18.6 Å². The molecule has 0 radical (unpaired) electrons. The first-order valence-electron chi connectivity index (χ1n) is 8.53. The fourth-order valence-corrected chi connectivity index (χ4v) is 2.93. The van der Waals surface area contributed by atoms with E-state index in [0.717, 1.165) is 11.8 Å². The smallest absolute Gasteiger partial charge is 0.328 e. The van der Waals surface area contributed by atoms with Crippen LogP contribution >= 0.6 is 11.8 Å². The minimum Gasteiger partial charge on any atom is -0.467 e. The summed E-state index contributed by atoms with van der Waals surface area (Å²) in [6, 6.07) is -0.912. The van der Waals surface area contributed by atoms with E-state index in [-0.39, 0.29) is 23.3 Å². The summed E-state index contributed by atoms with van der Waals surface area (Å²) in [5, 5.41) is -0.100. The van der Waals surface area contributed by atoms with E-state index in [1.54, 1.807) is 41.5 Å². The van der Waals surface area contributed by atoms with E-state index in [4.69, 9.17) is 9.47 Å². The van der Waals surface area contributed by atoms with Crippen LogP contribution in [0.2, 0.25) is 0 Å². The molecule has 0 rings (SSSR count). The third-order valence-corrected chi connectivity index (χ3v) is 4.44. The molecule has 0 spiro atoms. The van der Waals surface area contributed by atoms with Crippen LogP contribution in [0.25, 0.3) is 0 Å². The number of ether oxygens (including phenoxy) is 2. The lowest BCUT2D eigenvalue weighted by atomic mass is 10.0. The van der Waals surface area contributed by atoms with E-state index < -0.39 is 35.4 Å². The molecule has 1 amide bonds. The van der Waals surface area contributed by atoms with Gasteiger partial charge in [0.1, 0.15) is 18.2 Å². The third-order valence-electron chi connectivity index (χ3n) is 3.37. The highest BCUT2D eigenvalue weighted by Crippen LogP contribution is 2.19. The molecule has 0 saturated heterocycles. The average molecular weight is 390 g/mol. The number of rotatable bonds is 8. The van der Waals surface area contributed by atoms with Crippen LogP contribution in [0, 0.1) is 11.8 Å². The zero-order chi connectivity index (χ0) is 20.7. The maximum Gasteiger partial charge on any atom is 0.328 e. The number of amides is 1. The quantitative estimate of drug-likeness (QED) is 0.588. The van der Waals surface area contributed by atoms with E-state index in [1.165, 1.54) is 18.9 Å². The van der Waals surface area contributed by atoms with Gasteiger partial charge in [-0.3, -0.25) is 14.4 Å². The molecule has 0 aromatic rings. The molecule has 0 heterocycles. The summed E-state index contributed by atoms with van der Waals surface area (Å²) in [6.07, 6.45) is 0. The molecule has 0 N–H and O–H groups in total. The average Bonchev–Trinajstić information content (AvgIpc) is 2.48. The molecule has 0 aromatic carbocycles. The molecule has 0 aliphatic carbocycles. The first-order valence-corrected chi connectivity index (χ1v) is 9.52. The van der Waals surface area contributed by atoms with Crippen LogP contribution in [-0.4, -0.2) is 58.9 Å². The summed E-state index contributed by atoms with van der Waals surface area (Å²) in [5.41, 5.74) is -0.708. The summed E-state index contributed by atoms with van der Waals surface area (Å²) >= 11 is 1.03. The largest absolute Gasteiger partial charge is 0.467 e. The van der Waals surface area contributed by atoms with Gasteiger partial charge in [-0.2, -0.15) is 0 Å². The van der Waals surface area contributed by atoms with Gasteiger partial charge >= 0.3 is 11.9 Å². The first-order chi connectivity index (χ1) is 11.8. The molecule has 0 fully saturated rings. The molecule has 26 heavy (non-hydrogen) atoms. The summed E-state index contributed by atoms with van der Waals surface area (Å²) in [7, 11) is 1.24. The van der Waals surface area contributed by atoms with Crippen LogP contribution in [-0.2, 0) is 28.7 Å². The lowest BCUT2D eigenvalue weighted by molar-refractivity contribution is -0.165. The molecule has 0 aliphatic rings.